The number of hydrogen-bond donors (Lipinski definition) is 2. The molecule has 1 saturated carbocycles. The molecule has 0 aliphatic heterocycles. The molecule has 1 amide bonds. The Balaban J connectivity index is 1.63. The Morgan fingerprint density at radius 1 is 1.13 bits per heavy atom. The molecule has 4 heterocycles. The van der Waals surface area contributed by atoms with Crippen molar-refractivity contribution in [3.63, 3.8) is 0 Å². The lowest BCUT2D eigenvalue weighted by Crippen LogP contribution is -2.14. The van der Waals surface area contributed by atoms with E-state index in [1.807, 2.05) is 0 Å². The maximum absolute atomic E-state index is 12.9. The van der Waals surface area contributed by atoms with Crippen LogP contribution in [0.15, 0.2) is 35.1 Å². The number of rotatable bonds is 5. The number of alkyl halides is 2. The number of anilines is 2. The van der Waals surface area contributed by atoms with Crippen molar-refractivity contribution in [1.29, 1.82) is 0 Å². The number of carbonyl (C=O) groups is 1. The summed E-state index contributed by atoms with van der Waals surface area (Å²) in [6, 6.07) is 2.90. The first-order chi connectivity index (χ1) is 14.5. The Hall–Kier alpha value is -3.69. The minimum absolute atomic E-state index is 0.0425. The van der Waals surface area contributed by atoms with Crippen molar-refractivity contribution in [2.45, 2.75) is 19.3 Å². The molecule has 0 atom stereocenters. The molecule has 4 aromatic rings. The van der Waals surface area contributed by atoms with Crippen LogP contribution in [-0.2, 0) is 4.79 Å². The lowest BCUT2D eigenvalue weighted by Gasteiger charge is -2.10. The van der Waals surface area contributed by atoms with Gasteiger partial charge >= 0.3 is 0 Å². The van der Waals surface area contributed by atoms with Crippen LogP contribution in [-0.4, -0.2) is 32.9 Å². The number of halogens is 2. The quantitative estimate of drug-likeness (QED) is 0.509. The first kappa shape index (κ1) is 18.3. The maximum atomic E-state index is 12.9. The van der Waals surface area contributed by atoms with Crippen LogP contribution in [0.5, 0.6) is 0 Å². The average molecular weight is 410 g/mol. The number of nitrogens with one attached hydrogen (secondary N) is 2. The Morgan fingerprint density at radius 3 is 2.70 bits per heavy atom. The summed E-state index contributed by atoms with van der Waals surface area (Å²) in [5.41, 5.74) is 0.727. The zero-order valence-electron chi connectivity index (χ0n) is 15.8. The monoisotopic (exact) mass is 410 g/mol. The van der Waals surface area contributed by atoms with Gasteiger partial charge in [0.15, 0.2) is 5.58 Å². The second-order valence-electron chi connectivity index (χ2n) is 7.05. The second-order valence-corrected chi connectivity index (χ2v) is 7.05. The van der Waals surface area contributed by atoms with Gasteiger partial charge in [-0.1, -0.05) is 0 Å². The molecule has 1 fully saturated rings. The molecule has 0 spiro atoms. The van der Waals surface area contributed by atoms with Crippen molar-refractivity contribution in [3.05, 3.63) is 36.4 Å². The van der Waals surface area contributed by atoms with Crippen LogP contribution >= 0.6 is 0 Å². The van der Waals surface area contributed by atoms with Gasteiger partial charge in [0, 0.05) is 42.2 Å². The van der Waals surface area contributed by atoms with E-state index in [2.05, 4.69) is 30.6 Å². The molecule has 152 valence electrons. The standard InChI is InChI=1S/C20H16F2N6O2/c1-23-18-11-6-25-16(28-19(29)9-2-3-9)4-10(11)12(7-26-18)20-27-14-8-24-13(17(21)22)5-15(14)30-20/h4-9,17H,2-3H2,1H3,(H,23,26)(H,25,28,29). The molecule has 4 aromatic heterocycles. The number of nitrogens with zero attached hydrogens (tertiary/aromatic N) is 4. The van der Waals surface area contributed by atoms with Crippen LogP contribution in [0.2, 0.25) is 0 Å². The molecular weight excluding hydrogens is 394 g/mol. The number of fused-ring (bicyclic) bond motifs is 2. The number of aromatic nitrogens is 4. The lowest BCUT2D eigenvalue weighted by molar-refractivity contribution is -0.117. The van der Waals surface area contributed by atoms with E-state index in [9.17, 15) is 13.6 Å². The van der Waals surface area contributed by atoms with Gasteiger partial charge < -0.3 is 15.1 Å². The molecule has 2 N–H and O–H groups in total. The van der Waals surface area contributed by atoms with Gasteiger partial charge in [-0.3, -0.25) is 9.78 Å². The van der Waals surface area contributed by atoms with Gasteiger partial charge in [-0.15, -0.1) is 0 Å². The van der Waals surface area contributed by atoms with Crippen LogP contribution in [0.25, 0.3) is 33.3 Å². The molecule has 8 nitrogen and oxygen atoms in total. The van der Waals surface area contributed by atoms with Gasteiger partial charge in [-0.05, 0) is 18.9 Å². The van der Waals surface area contributed by atoms with Crippen molar-refractivity contribution in [3.8, 4) is 11.5 Å². The minimum atomic E-state index is -2.70. The zero-order chi connectivity index (χ0) is 20.8. The number of oxazole rings is 1. The Labute approximate surface area is 168 Å². The first-order valence-corrected chi connectivity index (χ1v) is 9.36. The van der Waals surface area contributed by atoms with E-state index in [0.717, 1.165) is 12.8 Å². The van der Waals surface area contributed by atoms with E-state index in [0.29, 0.717) is 33.5 Å². The summed E-state index contributed by atoms with van der Waals surface area (Å²) in [6.07, 6.45) is 3.51. The van der Waals surface area contributed by atoms with Gasteiger partial charge in [0.25, 0.3) is 6.43 Å². The van der Waals surface area contributed by atoms with Crippen molar-refractivity contribution in [1.82, 2.24) is 19.9 Å². The highest BCUT2D eigenvalue weighted by molar-refractivity contribution is 6.03. The SMILES string of the molecule is CNc1ncc(-c2nc3cnc(C(F)F)cc3o2)c2cc(NC(=O)C3CC3)ncc12. The van der Waals surface area contributed by atoms with E-state index in [4.69, 9.17) is 4.42 Å². The molecule has 30 heavy (non-hydrogen) atoms. The van der Waals surface area contributed by atoms with E-state index < -0.39 is 6.43 Å². The molecule has 10 heteroatoms. The fourth-order valence-electron chi connectivity index (χ4n) is 3.23. The summed E-state index contributed by atoms with van der Waals surface area (Å²) < 4.78 is 31.6. The fourth-order valence-corrected chi connectivity index (χ4v) is 3.23. The van der Waals surface area contributed by atoms with Crippen molar-refractivity contribution in [2.24, 2.45) is 5.92 Å². The third kappa shape index (κ3) is 3.19. The van der Waals surface area contributed by atoms with Gasteiger partial charge in [0.1, 0.15) is 22.8 Å². The van der Waals surface area contributed by atoms with E-state index in [1.54, 1.807) is 25.5 Å². The predicted molar refractivity (Wildman–Crippen MR) is 106 cm³/mol. The van der Waals surface area contributed by atoms with E-state index >= 15 is 0 Å². The molecule has 0 bridgehead atoms. The summed E-state index contributed by atoms with van der Waals surface area (Å²) >= 11 is 0. The number of hydrogen-bond acceptors (Lipinski definition) is 7. The Morgan fingerprint density at radius 2 is 1.97 bits per heavy atom. The highest BCUT2D eigenvalue weighted by Crippen LogP contribution is 2.35. The normalized spacial score (nSPS) is 13.9. The van der Waals surface area contributed by atoms with Crippen molar-refractivity contribution < 1.29 is 18.0 Å². The summed E-state index contributed by atoms with van der Waals surface area (Å²) in [5, 5.41) is 7.22. The van der Waals surface area contributed by atoms with Gasteiger partial charge in [-0.25, -0.2) is 23.7 Å². The minimum Gasteiger partial charge on any atom is -0.436 e. The van der Waals surface area contributed by atoms with Crippen molar-refractivity contribution >= 4 is 39.4 Å². The number of pyridine rings is 3. The molecule has 0 radical (unpaired) electrons. The van der Waals surface area contributed by atoms with Gasteiger partial charge in [0.05, 0.1) is 11.8 Å². The lowest BCUT2D eigenvalue weighted by atomic mass is 10.1. The summed E-state index contributed by atoms with van der Waals surface area (Å²) in [4.78, 5) is 28.9. The Bertz CT molecular complexity index is 1290. The average Bonchev–Trinajstić information content (AvgIpc) is 3.51. The molecule has 1 aliphatic rings. The highest BCUT2D eigenvalue weighted by atomic mass is 19.3. The van der Waals surface area contributed by atoms with Gasteiger partial charge in [0.2, 0.25) is 11.8 Å². The van der Waals surface area contributed by atoms with E-state index in [1.165, 1.54) is 12.3 Å². The molecule has 5 rings (SSSR count). The zero-order valence-corrected chi connectivity index (χ0v) is 15.8. The summed E-state index contributed by atoms with van der Waals surface area (Å²) in [7, 11) is 1.74. The Kier molecular flexibility index (Phi) is 4.27. The molecule has 0 aromatic carbocycles. The topological polar surface area (TPSA) is 106 Å². The smallest absolute Gasteiger partial charge is 0.280 e. The molecule has 0 unspecified atom stereocenters. The summed E-state index contributed by atoms with van der Waals surface area (Å²) in [5.74, 6) is 1.20. The third-order valence-corrected chi connectivity index (χ3v) is 4.96. The van der Waals surface area contributed by atoms with Crippen LogP contribution in [0, 0.1) is 5.92 Å². The van der Waals surface area contributed by atoms with Crippen LogP contribution < -0.4 is 10.6 Å². The van der Waals surface area contributed by atoms with Gasteiger partial charge in [-0.2, -0.15) is 0 Å². The van der Waals surface area contributed by atoms with Crippen molar-refractivity contribution in [2.75, 3.05) is 17.7 Å². The third-order valence-electron chi connectivity index (χ3n) is 4.96. The van der Waals surface area contributed by atoms with Crippen LogP contribution in [0.3, 0.4) is 0 Å². The first-order valence-electron chi connectivity index (χ1n) is 9.36. The summed E-state index contributed by atoms with van der Waals surface area (Å²) in [6.45, 7) is 0. The molecule has 0 saturated heterocycles. The largest absolute Gasteiger partial charge is 0.436 e. The number of carbonyl (C=O) groups excluding carboxylic acids is 1. The molecular formula is C20H16F2N6O2. The highest BCUT2D eigenvalue weighted by Gasteiger charge is 2.30. The predicted octanol–water partition coefficient (Wildman–Crippen LogP) is 4.16. The number of amides is 1. The second kappa shape index (κ2) is 6.97. The van der Waals surface area contributed by atoms with Crippen LogP contribution in [0.4, 0.5) is 20.4 Å². The molecule has 1 aliphatic carbocycles. The fraction of sp³-hybridized carbons (Fsp3) is 0.250. The maximum Gasteiger partial charge on any atom is 0.280 e. The van der Waals surface area contributed by atoms with Crippen LogP contribution in [0.1, 0.15) is 25.0 Å². The van der Waals surface area contributed by atoms with E-state index in [-0.39, 0.29) is 29.0 Å².